The molecule has 0 bridgehead atoms. The Balaban J connectivity index is 2.15. The number of aromatic hydroxyl groups is 1. The van der Waals surface area contributed by atoms with E-state index in [1.165, 1.54) is 24.3 Å². The Kier molecular flexibility index (Phi) is 23.8. The number of amides is 8. The van der Waals surface area contributed by atoms with Gasteiger partial charge in [0.1, 0.15) is 42.0 Å². The van der Waals surface area contributed by atoms with Crippen LogP contribution in [0.2, 0.25) is 0 Å². The van der Waals surface area contributed by atoms with Crippen molar-refractivity contribution in [2.24, 2.45) is 28.1 Å². The van der Waals surface area contributed by atoms with Gasteiger partial charge in [0.25, 0.3) is 0 Å². The molecule has 1 aromatic rings. The lowest BCUT2D eigenvalue weighted by Crippen LogP contribution is -2.58. The van der Waals surface area contributed by atoms with Crippen molar-refractivity contribution in [1.29, 1.82) is 0 Å². The molecule has 1 aliphatic rings. The second kappa shape index (κ2) is 28.3. The standard InChI is InChI=1S/C40H62N12O14S/c1-3-20(2)32(37(63)46-17-30(56)48-27(18-53)35(61)49-24(39(65)66)6-4-12-44-40(42)43)51-34(60)25(14-21-8-10-22(54)11-9-21)47-29(55)16-45-36(62)28-7-5-13-52(28)38(64)26(15-31(57)58)50-33(59)23(41)19-67/h8-11,20,23-28,32,53-54,67H,3-7,12-19,41H2,1-2H3,(H,45,62)(H,46,63)(H,47,55)(H,48,56)(H,49,61)(H,50,59)(H,51,60)(H,57,58)(H,65,66)(H4,42,43,44)/t20?,23-,24-,25-,26-,27-,28-,32-/m0/s1. The Labute approximate surface area is 390 Å². The fourth-order valence-electron chi connectivity index (χ4n) is 6.55. The highest BCUT2D eigenvalue weighted by molar-refractivity contribution is 7.80. The molecule has 1 aliphatic heterocycles. The van der Waals surface area contributed by atoms with Gasteiger partial charge in [-0.2, -0.15) is 12.6 Å². The van der Waals surface area contributed by atoms with Crippen LogP contribution in [-0.2, 0) is 54.4 Å². The molecule has 1 unspecified atom stereocenters. The molecular formula is C40H62N12O14S. The van der Waals surface area contributed by atoms with Crippen molar-refractivity contribution in [3.63, 3.8) is 0 Å². The van der Waals surface area contributed by atoms with Crippen LogP contribution in [0.1, 0.15) is 57.9 Å². The van der Waals surface area contributed by atoms with E-state index in [0.717, 1.165) is 4.90 Å². The summed E-state index contributed by atoms with van der Waals surface area (Å²) in [6.07, 6.45) is -0.0676. The quantitative estimate of drug-likeness (QED) is 0.0161. The molecule has 0 aliphatic carbocycles. The molecule has 26 nitrogen and oxygen atoms in total. The van der Waals surface area contributed by atoms with Crippen LogP contribution in [-0.4, -0.2) is 171 Å². The van der Waals surface area contributed by atoms with Crippen LogP contribution in [0.4, 0.5) is 0 Å². The summed E-state index contributed by atoms with van der Waals surface area (Å²) in [6.45, 7) is 1.09. The van der Waals surface area contributed by atoms with Gasteiger partial charge in [0, 0.05) is 25.3 Å². The van der Waals surface area contributed by atoms with Gasteiger partial charge < -0.3 is 79.7 Å². The molecular weight excluding hydrogens is 905 g/mol. The van der Waals surface area contributed by atoms with Gasteiger partial charge in [-0.3, -0.25) is 48.1 Å². The van der Waals surface area contributed by atoms with Crippen LogP contribution >= 0.6 is 12.6 Å². The van der Waals surface area contributed by atoms with Crippen molar-refractivity contribution in [1.82, 2.24) is 42.1 Å². The maximum absolute atomic E-state index is 13.9. The highest BCUT2D eigenvalue weighted by atomic mass is 32.1. The number of aliphatic carboxylic acids is 2. The van der Waals surface area contributed by atoms with Crippen LogP contribution in [0, 0.1) is 5.92 Å². The normalized spacial score (nSPS) is 16.3. The van der Waals surface area contributed by atoms with Crippen molar-refractivity contribution < 1.29 is 68.4 Å². The number of benzene rings is 1. The molecule has 1 fully saturated rings. The molecule has 17 N–H and O–H groups in total. The van der Waals surface area contributed by atoms with Gasteiger partial charge in [0.05, 0.1) is 32.2 Å². The Morgan fingerprint density at radius 2 is 1.42 bits per heavy atom. The number of hydrogen-bond acceptors (Lipinski definition) is 15. The van der Waals surface area contributed by atoms with Gasteiger partial charge in [0.2, 0.25) is 47.3 Å². The number of aliphatic hydroxyl groups excluding tert-OH is 1. The fourth-order valence-corrected chi connectivity index (χ4v) is 6.72. The number of likely N-dealkylation sites (tertiary alicyclic amines) is 1. The summed E-state index contributed by atoms with van der Waals surface area (Å²) < 4.78 is 0. The van der Waals surface area contributed by atoms with E-state index in [0.29, 0.717) is 18.4 Å². The molecule has 8 atom stereocenters. The van der Waals surface area contributed by atoms with Crippen molar-refractivity contribution >= 4 is 77.8 Å². The minimum Gasteiger partial charge on any atom is -0.508 e. The number of phenolic OH excluding ortho intramolecular Hbond substituents is 1. The van der Waals surface area contributed by atoms with Crippen molar-refractivity contribution in [2.45, 2.75) is 101 Å². The Morgan fingerprint density at radius 3 is 1.99 bits per heavy atom. The summed E-state index contributed by atoms with van der Waals surface area (Å²) in [4.78, 5) is 134. The number of nitrogens with zero attached hydrogens (tertiary/aromatic N) is 2. The molecule has 0 radical (unpaired) electrons. The summed E-state index contributed by atoms with van der Waals surface area (Å²) in [5, 5.41) is 55.1. The van der Waals surface area contributed by atoms with Gasteiger partial charge in [-0.1, -0.05) is 32.4 Å². The second-order valence-corrected chi connectivity index (χ2v) is 16.0. The third-order valence-electron chi connectivity index (χ3n) is 10.4. The minimum absolute atomic E-state index is 0.0396. The smallest absolute Gasteiger partial charge is 0.326 e. The Bertz CT molecular complexity index is 1950. The lowest BCUT2D eigenvalue weighted by atomic mass is 9.97. The van der Waals surface area contributed by atoms with Crippen LogP contribution in [0.5, 0.6) is 5.75 Å². The third-order valence-corrected chi connectivity index (χ3v) is 10.8. The van der Waals surface area contributed by atoms with Crippen molar-refractivity contribution in [3.8, 4) is 5.75 Å². The zero-order valence-corrected chi connectivity index (χ0v) is 38.0. The Morgan fingerprint density at radius 1 is 0.821 bits per heavy atom. The van der Waals surface area contributed by atoms with Gasteiger partial charge in [0.15, 0.2) is 5.96 Å². The molecule has 1 heterocycles. The zero-order chi connectivity index (χ0) is 50.4. The number of thiol groups is 1. The molecule has 2 rings (SSSR count). The van der Waals surface area contributed by atoms with E-state index in [1.54, 1.807) is 13.8 Å². The maximum atomic E-state index is 13.9. The first-order valence-electron chi connectivity index (χ1n) is 21.2. The first-order valence-corrected chi connectivity index (χ1v) is 21.9. The molecule has 1 saturated heterocycles. The summed E-state index contributed by atoms with van der Waals surface area (Å²) in [5.74, 6) is -10.8. The largest absolute Gasteiger partial charge is 0.508 e. The number of carbonyl (C=O) groups excluding carboxylic acids is 8. The van der Waals surface area contributed by atoms with E-state index in [4.69, 9.17) is 17.2 Å². The number of carbonyl (C=O) groups is 10. The number of carboxylic acids is 2. The highest BCUT2D eigenvalue weighted by Crippen LogP contribution is 2.20. The summed E-state index contributed by atoms with van der Waals surface area (Å²) in [7, 11) is 0. The molecule has 0 spiro atoms. The Hall–Kier alpha value is -6.74. The lowest BCUT2D eigenvalue weighted by Gasteiger charge is -2.29. The molecule has 27 heteroatoms. The summed E-state index contributed by atoms with van der Waals surface area (Å²) in [6, 6.07) is -3.90. The van der Waals surface area contributed by atoms with E-state index in [-0.39, 0.29) is 56.2 Å². The fraction of sp³-hybridized carbons (Fsp3) is 0.575. The first-order chi connectivity index (χ1) is 31.6. The van der Waals surface area contributed by atoms with Crippen molar-refractivity contribution in [3.05, 3.63) is 29.8 Å². The van der Waals surface area contributed by atoms with Gasteiger partial charge in [-0.05, 0) is 49.3 Å². The number of phenols is 1. The van der Waals surface area contributed by atoms with Crippen LogP contribution in [0.25, 0.3) is 0 Å². The van der Waals surface area contributed by atoms with Crippen LogP contribution in [0.3, 0.4) is 0 Å². The van der Waals surface area contributed by atoms with Gasteiger partial charge in [-0.25, -0.2) is 4.79 Å². The average Bonchev–Trinajstić information content (AvgIpc) is 3.78. The predicted molar refractivity (Wildman–Crippen MR) is 240 cm³/mol. The summed E-state index contributed by atoms with van der Waals surface area (Å²) >= 11 is 3.94. The number of nitrogens with two attached hydrogens (primary N) is 3. The van der Waals surface area contributed by atoms with E-state index in [1.807, 2.05) is 0 Å². The second-order valence-electron chi connectivity index (χ2n) is 15.6. The van der Waals surface area contributed by atoms with Gasteiger partial charge >= 0.3 is 11.9 Å². The van der Waals surface area contributed by atoms with E-state index in [9.17, 15) is 68.4 Å². The topological polar surface area (TPSA) is 429 Å². The lowest BCUT2D eigenvalue weighted by molar-refractivity contribution is -0.146. The SMILES string of the molecule is CCC(C)[C@H](NC(=O)[C@H](Cc1ccc(O)cc1)NC(=O)CNC(=O)[C@@H]1CCCN1C(=O)[C@H](CC(=O)O)NC(=O)[C@@H](N)CS)C(=O)NCC(=O)N[C@@H](CO)C(=O)N[C@@H](CCCN=C(N)N)C(=O)O. The number of aliphatic imine (C=N–C) groups is 1. The zero-order valence-electron chi connectivity index (χ0n) is 37.1. The molecule has 1 aromatic carbocycles. The van der Waals surface area contributed by atoms with E-state index in [2.05, 4.69) is 54.8 Å². The minimum atomic E-state index is -1.61. The maximum Gasteiger partial charge on any atom is 0.326 e. The molecule has 0 saturated carbocycles. The number of carboxylic acid groups (broad SMARTS) is 2. The number of rotatable bonds is 28. The number of guanidine groups is 1. The average molecular weight is 967 g/mol. The molecule has 0 aromatic heterocycles. The van der Waals surface area contributed by atoms with E-state index < -0.39 is 134 Å². The van der Waals surface area contributed by atoms with Gasteiger partial charge in [-0.15, -0.1) is 0 Å². The predicted octanol–water partition coefficient (Wildman–Crippen LogP) is -5.51. The van der Waals surface area contributed by atoms with Crippen molar-refractivity contribution in [2.75, 3.05) is 38.5 Å². The summed E-state index contributed by atoms with van der Waals surface area (Å²) in [5.41, 5.74) is 16.6. The molecule has 67 heavy (non-hydrogen) atoms. The van der Waals surface area contributed by atoms with Crippen LogP contribution < -0.4 is 54.4 Å². The highest BCUT2D eigenvalue weighted by Gasteiger charge is 2.39. The monoisotopic (exact) mass is 966 g/mol. The third kappa shape index (κ3) is 19.3. The molecule has 8 amide bonds. The van der Waals surface area contributed by atoms with E-state index >= 15 is 0 Å². The number of hydrogen-bond donors (Lipinski definition) is 15. The van der Waals surface area contributed by atoms with Crippen LogP contribution in [0.15, 0.2) is 29.3 Å². The molecule has 372 valence electrons. The number of aliphatic hydroxyl groups is 1. The first kappa shape index (κ1) is 56.4. The number of nitrogens with one attached hydrogen (secondary N) is 7.